The first kappa shape index (κ1) is 26.6. The molecule has 3 heterocycles. The molecule has 0 radical (unpaired) electrons. The van der Waals surface area contributed by atoms with Gasteiger partial charge in [-0.2, -0.15) is 0 Å². The smallest absolute Gasteiger partial charge is 0.334 e. The predicted molar refractivity (Wildman–Crippen MR) is 149 cm³/mol. The normalized spacial score (nSPS) is 21.2. The lowest BCUT2D eigenvalue weighted by molar-refractivity contribution is -0.162. The van der Waals surface area contributed by atoms with Gasteiger partial charge >= 0.3 is 5.97 Å². The lowest BCUT2D eigenvalue weighted by Gasteiger charge is -2.51. The maximum Gasteiger partial charge on any atom is 0.334 e. The third-order valence-electron chi connectivity index (χ3n) is 5.56. The summed E-state index contributed by atoms with van der Waals surface area (Å²) in [6.45, 7) is -0.469. The first-order chi connectivity index (χ1) is 17.7. The molecule has 0 aliphatic carbocycles. The number of benzene rings is 2. The van der Waals surface area contributed by atoms with Crippen molar-refractivity contribution in [3.63, 3.8) is 0 Å². The Bertz CT molecular complexity index is 1350. The summed E-state index contributed by atoms with van der Waals surface area (Å²) in [7, 11) is 0. The second kappa shape index (κ2) is 11.0. The molecule has 192 valence electrons. The molecular weight excluding hydrogens is 597 g/mol. The highest BCUT2D eigenvalue weighted by molar-refractivity contribution is 8.07. The molecule has 1 saturated heterocycles. The van der Waals surface area contributed by atoms with E-state index in [0.717, 1.165) is 15.8 Å². The first-order valence-electron chi connectivity index (χ1n) is 11.0. The number of hydrogen-bond acceptors (Lipinski definition) is 8. The lowest BCUT2D eigenvalue weighted by Crippen LogP contribution is -2.73. The number of para-hydroxylation sites is 1. The Morgan fingerprint density at radius 2 is 1.84 bits per heavy atom. The summed E-state index contributed by atoms with van der Waals surface area (Å²) in [6, 6.07) is 15.1. The number of thioether (sulfide) groups is 2. The third kappa shape index (κ3) is 6.05. The number of nitrogens with zero attached hydrogens (tertiary/aromatic N) is 2. The molecule has 3 atom stereocenters. The Morgan fingerprint density at radius 3 is 2.57 bits per heavy atom. The van der Waals surface area contributed by atoms with E-state index in [2.05, 4.69) is 10.3 Å². The van der Waals surface area contributed by atoms with Crippen molar-refractivity contribution in [1.29, 1.82) is 0 Å². The molecule has 13 heteroatoms. The van der Waals surface area contributed by atoms with Crippen LogP contribution in [0.1, 0.15) is 5.56 Å². The summed E-state index contributed by atoms with van der Waals surface area (Å²) in [4.78, 5) is 45.6. The summed E-state index contributed by atoms with van der Waals surface area (Å²) in [5, 5.41) is 4.13. The van der Waals surface area contributed by atoms with E-state index in [1.807, 2.05) is 60.0 Å². The van der Waals surface area contributed by atoms with Crippen molar-refractivity contribution < 1.29 is 19.1 Å². The summed E-state index contributed by atoms with van der Waals surface area (Å²) in [5.74, 6) is -1.39. The van der Waals surface area contributed by atoms with Gasteiger partial charge in [-0.3, -0.25) is 9.59 Å². The van der Waals surface area contributed by atoms with Crippen LogP contribution in [0, 0.1) is 0 Å². The monoisotopic (exact) mass is 613 g/mol. The third-order valence-corrected chi connectivity index (χ3v) is 9.37. The van der Waals surface area contributed by atoms with Crippen LogP contribution in [0.2, 0.25) is 0 Å². The number of amides is 2. The second-order valence-electron chi connectivity index (χ2n) is 8.17. The average Bonchev–Trinajstić information content (AvgIpc) is 3.28. The van der Waals surface area contributed by atoms with Gasteiger partial charge in [0.2, 0.25) is 15.6 Å². The van der Waals surface area contributed by atoms with E-state index in [9.17, 15) is 14.4 Å². The van der Waals surface area contributed by atoms with E-state index in [1.165, 1.54) is 39.8 Å². The maximum atomic E-state index is 13.2. The fraction of sp³-hybridized carbons (Fsp3) is 0.250. The fourth-order valence-corrected chi connectivity index (χ4v) is 7.63. The summed E-state index contributed by atoms with van der Waals surface area (Å²) in [5.41, 5.74) is 1.68. The number of fused-ring (bicyclic) bond motifs is 2. The number of halogens is 3. The number of esters is 1. The van der Waals surface area contributed by atoms with Gasteiger partial charge in [-0.1, -0.05) is 89.0 Å². The topological polar surface area (TPSA) is 88.6 Å². The molecule has 7 nitrogen and oxygen atoms in total. The van der Waals surface area contributed by atoms with Crippen molar-refractivity contribution in [1.82, 2.24) is 15.2 Å². The van der Waals surface area contributed by atoms with Crippen molar-refractivity contribution >= 4 is 97.7 Å². The van der Waals surface area contributed by atoms with Crippen molar-refractivity contribution in [3.8, 4) is 0 Å². The van der Waals surface area contributed by atoms with Crippen LogP contribution in [-0.4, -0.2) is 55.5 Å². The molecule has 2 aliphatic rings. The van der Waals surface area contributed by atoms with Crippen LogP contribution >= 0.6 is 69.7 Å². The van der Waals surface area contributed by atoms with E-state index < -0.39 is 33.8 Å². The Hall–Kier alpha value is -1.95. The zero-order valence-electron chi connectivity index (χ0n) is 18.8. The second-order valence-corrected chi connectivity index (χ2v) is 14.0. The average molecular weight is 615 g/mol. The molecule has 2 amide bonds. The SMILES string of the molecule is O=C(Cc1ccccc1)NC1C(=O)N2C(C(=O)OCC(Cl)(Cl)Cl)C(Sc3nc4ccccc4s3)=CS[C@H]12. The minimum atomic E-state index is -1.80. The van der Waals surface area contributed by atoms with E-state index in [1.54, 1.807) is 0 Å². The molecule has 0 saturated carbocycles. The Labute approximate surface area is 239 Å². The van der Waals surface area contributed by atoms with Crippen LogP contribution in [0.25, 0.3) is 10.2 Å². The van der Waals surface area contributed by atoms with E-state index in [0.29, 0.717) is 9.24 Å². The van der Waals surface area contributed by atoms with Gasteiger partial charge in [-0.05, 0) is 23.1 Å². The van der Waals surface area contributed by atoms with E-state index >= 15 is 0 Å². The molecule has 5 rings (SSSR count). The quantitative estimate of drug-likeness (QED) is 0.224. The van der Waals surface area contributed by atoms with Gasteiger partial charge in [-0.15, -0.1) is 23.1 Å². The highest BCUT2D eigenvalue weighted by Crippen LogP contribution is 2.46. The van der Waals surface area contributed by atoms with Crippen molar-refractivity contribution in [2.24, 2.45) is 0 Å². The summed E-state index contributed by atoms with van der Waals surface area (Å²) >= 11 is 21.4. The number of ether oxygens (including phenoxy) is 1. The van der Waals surface area contributed by atoms with Crippen LogP contribution in [0.15, 0.2) is 69.3 Å². The number of rotatable bonds is 7. The van der Waals surface area contributed by atoms with Gasteiger partial charge in [0.25, 0.3) is 0 Å². The first-order valence-corrected chi connectivity index (χ1v) is 14.7. The van der Waals surface area contributed by atoms with Gasteiger partial charge in [0.15, 0.2) is 10.4 Å². The number of alkyl halides is 3. The van der Waals surface area contributed by atoms with Crippen LogP contribution in [-0.2, 0) is 25.5 Å². The van der Waals surface area contributed by atoms with Crippen LogP contribution in [0.5, 0.6) is 0 Å². The van der Waals surface area contributed by atoms with Crippen molar-refractivity contribution in [2.45, 2.75) is 32.0 Å². The number of hydrogen-bond donors (Lipinski definition) is 1. The lowest BCUT2D eigenvalue weighted by atomic mass is 10.0. The number of β-lactam (4-membered cyclic amide) rings is 1. The molecule has 0 spiro atoms. The van der Waals surface area contributed by atoms with Gasteiger partial charge in [0.1, 0.15) is 18.0 Å². The fourth-order valence-electron chi connectivity index (χ4n) is 3.92. The minimum Gasteiger partial charge on any atom is -0.459 e. The predicted octanol–water partition coefficient (Wildman–Crippen LogP) is 5.15. The van der Waals surface area contributed by atoms with Gasteiger partial charge < -0.3 is 15.0 Å². The molecule has 3 aromatic rings. The zero-order valence-corrected chi connectivity index (χ0v) is 23.5. The van der Waals surface area contributed by atoms with Gasteiger partial charge in [-0.25, -0.2) is 9.78 Å². The molecule has 1 fully saturated rings. The van der Waals surface area contributed by atoms with E-state index in [4.69, 9.17) is 39.5 Å². The van der Waals surface area contributed by atoms with Crippen molar-refractivity contribution in [3.05, 3.63) is 70.5 Å². The summed E-state index contributed by atoms with van der Waals surface area (Å²) in [6.07, 6.45) is 0.144. The molecular formula is C24H18Cl3N3O4S3. The molecule has 2 unspecified atom stereocenters. The molecule has 2 aromatic carbocycles. The zero-order chi connectivity index (χ0) is 26.2. The molecule has 37 heavy (non-hydrogen) atoms. The maximum absolute atomic E-state index is 13.2. The van der Waals surface area contributed by atoms with Gasteiger partial charge in [0, 0.05) is 4.91 Å². The standard InChI is InChI=1S/C24H18Cl3N3O4S3/c25-24(26,27)12-34-22(33)19-16(37-23-28-14-8-4-5-9-15(14)36-23)11-35-21-18(20(32)30(19)21)29-17(31)10-13-6-2-1-3-7-13/h1-9,11,18-19,21H,10,12H2,(H,29,31)/t18?,19?,21-/m1/s1. The number of thiazole rings is 1. The number of carbonyl (C=O) groups is 3. The van der Waals surface area contributed by atoms with Crippen molar-refractivity contribution in [2.75, 3.05) is 6.61 Å². The van der Waals surface area contributed by atoms with Crippen LogP contribution in [0.4, 0.5) is 0 Å². The molecule has 0 bridgehead atoms. The number of nitrogens with one attached hydrogen (secondary N) is 1. The number of carbonyl (C=O) groups excluding carboxylic acids is 3. The van der Waals surface area contributed by atoms with Crippen LogP contribution < -0.4 is 5.32 Å². The Kier molecular flexibility index (Phi) is 7.95. The largest absolute Gasteiger partial charge is 0.459 e. The molecule has 1 aromatic heterocycles. The highest BCUT2D eigenvalue weighted by Gasteiger charge is 2.56. The Morgan fingerprint density at radius 1 is 1.11 bits per heavy atom. The van der Waals surface area contributed by atoms with Crippen LogP contribution in [0.3, 0.4) is 0 Å². The molecule has 2 aliphatic heterocycles. The molecule has 1 N–H and O–H groups in total. The summed E-state index contributed by atoms with van der Waals surface area (Å²) < 4.78 is 5.19. The minimum absolute atomic E-state index is 0.144. The van der Waals surface area contributed by atoms with Gasteiger partial charge in [0.05, 0.1) is 16.6 Å². The number of aromatic nitrogens is 1. The van der Waals surface area contributed by atoms with E-state index in [-0.39, 0.29) is 18.2 Å². The highest BCUT2D eigenvalue weighted by atomic mass is 35.6. The Balaban J connectivity index is 1.35.